The number of carbonyl (C=O) groups excluding carboxylic acids is 2. The largest absolute Gasteiger partial charge is 0.480 e. The van der Waals surface area contributed by atoms with E-state index in [1.807, 2.05) is 0 Å². The lowest BCUT2D eigenvalue weighted by Gasteiger charge is -2.19. The van der Waals surface area contributed by atoms with Crippen molar-refractivity contribution in [3.05, 3.63) is 25.3 Å². The lowest BCUT2D eigenvalue weighted by atomic mass is 10.4. The van der Waals surface area contributed by atoms with Crippen LogP contribution in [0.2, 0.25) is 0 Å². The van der Waals surface area contributed by atoms with E-state index in [4.69, 9.17) is 9.84 Å². The minimum atomic E-state index is -1.15. The van der Waals surface area contributed by atoms with Crippen LogP contribution in [0.3, 0.4) is 0 Å². The third-order valence-electron chi connectivity index (χ3n) is 2.12. The summed E-state index contributed by atoms with van der Waals surface area (Å²) in [7, 11) is 0. The summed E-state index contributed by atoms with van der Waals surface area (Å²) in [6, 6.07) is 0. The number of alkyl carbamates (subject to hydrolysis) is 1. The van der Waals surface area contributed by atoms with Crippen molar-refractivity contribution in [1.29, 1.82) is 0 Å². The molecule has 0 fully saturated rings. The summed E-state index contributed by atoms with van der Waals surface area (Å²) in [6.07, 6.45) is 1.83. The van der Waals surface area contributed by atoms with Crippen LogP contribution < -0.4 is 5.32 Å². The molecule has 0 aromatic rings. The van der Waals surface area contributed by atoms with Crippen molar-refractivity contribution in [3.63, 3.8) is 0 Å². The minimum Gasteiger partial charge on any atom is -0.480 e. The van der Waals surface area contributed by atoms with Gasteiger partial charge in [-0.1, -0.05) is 25.3 Å². The highest BCUT2D eigenvalue weighted by Crippen LogP contribution is 1.97. The van der Waals surface area contributed by atoms with Crippen LogP contribution in [0.1, 0.15) is 6.42 Å². The van der Waals surface area contributed by atoms with Crippen LogP contribution in [0.4, 0.5) is 9.59 Å². The van der Waals surface area contributed by atoms with E-state index in [9.17, 15) is 14.4 Å². The third-order valence-corrected chi connectivity index (χ3v) is 2.12. The Labute approximate surface area is 123 Å². The summed E-state index contributed by atoms with van der Waals surface area (Å²) >= 11 is 0. The van der Waals surface area contributed by atoms with Gasteiger partial charge in [0, 0.05) is 13.1 Å². The van der Waals surface area contributed by atoms with Gasteiger partial charge in [-0.3, -0.25) is 9.69 Å². The number of nitrogens with one attached hydrogen (secondary N) is 1. The fourth-order valence-electron chi connectivity index (χ4n) is 1.27. The molecule has 8 heteroatoms. The number of carboxylic acids is 1. The standard InChI is InChI=1S/C13H20N2O6/c1-3-8-20-12(18)14-6-5-7-15(10-11(16)17)13(19)21-9-4-2/h3-4H,1-2,5-10H2,(H,14,18)(H,16,17). The number of carbonyl (C=O) groups is 3. The molecule has 0 aromatic heterocycles. The quantitative estimate of drug-likeness (QED) is 0.460. The number of hydrogen-bond acceptors (Lipinski definition) is 5. The predicted molar refractivity (Wildman–Crippen MR) is 74.9 cm³/mol. The Hall–Kier alpha value is -2.51. The second kappa shape index (κ2) is 11.3. The first kappa shape index (κ1) is 18.5. The van der Waals surface area contributed by atoms with Gasteiger partial charge >= 0.3 is 18.2 Å². The molecule has 0 rings (SSSR count). The van der Waals surface area contributed by atoms with Gasteiger partial charge in [-0.2, -0.15) is 0 Å². The molecule has 0 bridgehead atoms. The van der Waals surface area contributed by atoms with Gasteiger partial charge in [-0.05, 0) is 6.42 Å². The van der Waals surface area contributed by atoms with Crippen molar-refractivity contribution in [2.24, 2.45) is 0 Å². The van der Waals surface area contributed by atoms with Crippen LogP contribution in [0, 0.1) is 0 Å². The first-order valence-corrected chi connectivity index (χ1v) is 6.27. The molecule has 0 radical (unpaired) electrons. The van der Waals surface area contributed by atoms with Crippen LogP contribution in [-0.2, 0) is 14.3 Å². The molecular weight excluding hydrogens is 280 g/mol. The summed E-state index contributed by atoms with van der Waals surface area (Å²) in [5, 5.41) is 11.2. The molecule has 2 amide bonds. The first-order valence-electron chi connectivity index (χ1n) is 6.27. The molecule has 0 aliphatic carbocycles. The summed E-state index contributed by atoms with van der Waals surface area (Å²) in [5.41, 5.74) is 0. The number of carboxylic acid groups (broad SMARTS) is 1. The molecular formula is C13H20N2O6. The Morgan fingerprint density at radius 3 is 2.33 bits per heavy atom. The van der Waals surface area contributed by atoms with E-state index in [2.05, 4.69) is 23.2 Å². The zero-order valence-electron chi connectivity index (χ0n) is 11.7. The fourth-order valence-corrected chi connectivity index (χ4v) is 1.27. The topological polar surface area (TPSA) is 105 Å². The van der Waals surface area contributed by atoms with Crippen molar-refractivity contribution in [2.75, 3.05) is 32.8 Å². The molecule has 2 N–H and O–H groups in total. The Morgan fingerprint density at radius 2 is 1.76 bits per heavy atom. The maximum absolute atomic E-state index is 11.6. The monoisotopic (exact) mass is 300 g/mol. The number of hydrogen-bond donors (Lipinski definition) is 2. The van der Waals surface area contributed by atoms with Crippen molar-refractivity contribution < 1.29 is 29.0 Å². The highest BCUT2D eigenvalue weighted by atomic mass is 16.6. The summed E-state index contributed by atoms with van der Waals surface area (Å²) in [5.74, 6) is -1.15. The molecule has 0 saturated heterocycles. The van der Waals surface area contributed by atoms with Crippen molar-refractivity contribution in [1.82, 2.24) is 10.2 Å². The Kier molecular flexibility index (Phi) is 9.97. The number of aliphatic carboxylic acids is 1. The van der Waals surface area contributed by atoms with Crippen LogP contribution in [0.25, 0.3) is 0 Å². The number of rotatable bonds is 10. The fraction of sp³-hybridized carbons (Fsp3) is 0.462. The number of nitrogens with zero attached hydrogens (tertiary/aromatic N) is 1. The van der Waals surface area contributed by atoms with E-state index in [0.29, 0.717) is 6.42 Å². The number of amides is 2. The maximum atomic E-state index is 11.6. The van der Waals surface area contributed by atoms with Crippen molar-refractivity contribution in [2.45, 2.75) is 6.42 Å². The van der Waals surface area contributed by atoms with E-state index in [1.54, 1.807) is 0 Å². The van der Waals surface area contributed by atoms with Gasteiger partial charge in [-0.15, -0.1) is 0 Å². The predicted octanol–water partition coefficient (Wildman–Crippen LogP) is 0.998. The smallest absolute Gasteiger partial charge is 0.410 e. The summed E-state index contributed by atoms with van der Waals surface area (Å²) in [6.45, 7) is 6.78. The normalized spacial score (nSPS) is 9.33. The Balaban J connectivity index is 4.08. The third kappa shape index (κ3) is 10.00. The second-order valence-corrected chi connectivity index (χ2v) is 3.85. The highest BCUT2D eigenvalue weighted by molar-refractivity contribution is 5.76. The molecule has 0 heterocycles. The van der Waals surface area contributed by atoms with Crippen LogP contribution >= 0.6 is 0 Å². The summed E-state index contributed by atoms with van der Waals surface area (Å²) < 4.78 is 9.45. The van der Waals surface area contributed by atoms with E-state index < -0.39 is 24.7 Å². The van der Waals surface area contributed by atoms with Crippen LogP contribution in [0.5, 0.6) is 0 Å². The van der Waals surface area contributed by atoms with Gasteiger partial charge in [-0.25, -0.2) is 9.59 Å². The molecule has 0 aliphatic heterocycles. The highest BCUT2D eigenvalue weighted by Gasteiger charge is 2.17. The minimum absolute atomic E-state index is 0.00107. The van der Waals surface area contributed by atoms with E-state index >= 15 is 0 Å². The maximum Gasteiger partial charge on any atom is 0.410 e. The van der Waals surface area contributed by atoms with Crippen molar-refractivity contribution >= 4 is 18.2 Å². The average Bonchev–Trinajstić information content (AvgIpc) is 2.45. The van der Waals surface area contributed by atoms with Gasteiger partial charge in [0.15, 0.2) is 0 Å². The summed E-state index contributed by atoms with van der Waals surface area (Å²) in [4.78, 5) is 34.4. The molecule has 8 nitrogen and oxygen atoms in total. The molecule has 0 spiro atoms. The average molecular weight is 300 g/mol. The molecule has 21 heavy (non-hydrogen) atoms. The van der Waals surface area contributed by atoms with Gasteiger partial charge < -0.3 is 19.9 Å². The van der Waals surface area contributed by atoms with E-state index in [-0.39, 0.29) is 26.3 Å². The molecule has 0 saturated carbocycles. The zero-order valence-corrected chi connectivity index (χ0v) is 11.7. The second-order valence-electron chi connectivity index (χ2n) is 3.85. The SMILES string of the molecule is C=CCOC(=O)NCCCN(CC(=O)O)C(=O)OCC=C. The van der Waals surface area contributed by atoms with Gasteiger partial charge in [0.05, 0.1) is 0 Å². The van der Waals surface area contributed by atoms with E-state index in [1.165, 1.54) is 12.2 Å². The van der Waals surface area contributed by atoms with Crippen LogP contribution in [0.15, 0.2) is 25.3 Å². The van der Waals surface area contributed by atoms with Crippen molar-refractivity contribution in [3.8, 4) is 0 Å². The Bertz CT molecular complexity index is 383. The molecule has 0 aromatic carbocycles. The van der Waals surface area contributed by atoms with Gasteiger partial charge in [0.25, 0.3) is 0 Å². The molecule has 0 atom stereocenters. The Morgan fingerprint density at radius 1 is 1.14 bits per heavy atom. The van der Waals surface area contributed by atoms with Crippen LogP contribution in [-0.4, -0.2) is 61.0 Å². The lowest BCUT2D eigenvalue weighted by molar-refractivity contribution is -0.138. The lowest BCUT2D eigenvalue weighted by Crippen LogP contribution is -2.38. The number of ether oxygens (including phenoxy) is 2. The first-order chi connectivity index (χ1) is 10.0. The molecule has 0 unspecified atom stereocenters. The van der Waals surface area contributed by atoms with E-state index in [0.717, 1.165) is 4.90 Å². The zero-order chi connectivity index (χ0) is 16.1. The molecule has 118 valence electrons. The van der Waals surface area contributed by atoms with Gasteiger partial charge in [0.1, 0.15) is 19.8 Å². The molecule has 0 aliphatic rings. The van der Waals surface area contributed by atoms with Gasteiger partial charge in [0.2, 0.25) is 0 Å².